The lowest BCUT2D eigenvalue weighted by Crippen LogP contribution is -2.50. The van der Waals surface area contributed by atoms with Crippen molar-refractivity contribution >= 4 is 159 Å². The summed E-state index contributed by atoms with van der Waals surface area (Å²) >= 11 is 15.1. The summed E-state index contributed by atoms with van der Waals surface area (Å²) in [6.07, 6.45) is 9.66. The topological polar surface area (TPSA) is 439 Å². The number of aromatic nitrogens is 6. The molecule has 2 spiro atoms. The van der Waals surface area contributed by atoms with Crippen LogP contribution in [0.2, 0.25) is 10.0 Å². The molecule has 4 saturated heterocycles. The van der Waals surface area contributed by atoms with Crippen molar-refractivity contribution in [2.75, 3.05) is 72.1 Å². The molecular formula is C48H86Cl2N14O11S6. The van der Waals surface area contributed by atoms with Crippen LogP contribution in [0.15, 0.2) is 56.8 Å². The van der Waals surface area contributed by atoms with Crippen molar-refractivity contribution in [2.45, 2.75) is 139 Å². The second-order valence-electron chi connectivity index (χ2n) is 17.4. The van der Waals surface area contributed by atoms with E-state index in [1.165, 1.54) is 23.5 Å². The number of nitrogens with two attached hydrogens (primary N) is 6. The smallest absolute Gasteiger partial charge is 0.303 e. The zero-order valence-electron chi connectivity index (χ0n) is 42.0. The molecule has 33 heteroatoms. The monoisotopic (exact) mass is 1300 g/mol. The molecule has 0 bridgehead atoms. The lowest BCUT2D eigenvalue weighted by molar-refractivity contribution is -0.143. The normalized spacial score (nSPS) is 18.3. The molecule has 81 heavy (non-hydrogen) atoms. The number of piperidine rings is 2. The Morgan fingerprint density at radius 1 is 0.568 bits per heavy atom. The molecule has 18 N–H and O–H groups in total. The number of carboxylic acids is 4. The lowest BCUT2D eigenvalue weighted by atomic mass is 9.73. The Morgan fingerprint density at radius 2 is 0.852 bits per heavy atom. The number of halogens is 2. The molecule has 4 aliphatic heterocycles. The van der Waals surface area contributed by atoms with E-state index < -0.39 is 23.9 Å². The number of ether oxygens (including phenoxy) is 2. The molecule has 464 valence electrons. The van der Waals surface area contributed by atoms with Gasteiger partial charge in [-0.1, -0.05) is 76.4 Å². The SMILES string of the molecule is C.C.C.C.C[C@@H]1OCC2(CCN(c3cnc(Sc4ccnc(N)c4Cl)c(N)n3)CC2)[C@@H]1N.C[C@@H]1OCC2(CCN(c3cnc(Sc4ccnc(N)c4Cl)c(N)n3)CC2)[C@@H]1N.O.O=C(O)CCC(=O)O.O=C(O)CCC(=O)O.S.S.S.S. The summed E-state index contributed by atoms with van der Waals surface area (Å²) in [5.74, 6) is -1.47. The number of carboxylic acid groups (broad SMARTS) is 4. The van der Waals surface area contributed by atoms with Gasteiger partial charge in [0.1, 0.15) is 33.3 Å². The van der Waals surface area contributed by atoms with Gasteiger partial charge in [-0.3, -0.25) is 19.2 Å². The molecule has 8 heterocycles. The zero-order valence-corrected chi connectivity index (χ0v) is 49.2. The largest absolute Gasteiger partial charge is 0.481 e. The third-order valence-electron chi connectivity index (χ3n) is 12.6. The predicted molar refractivity (Wildman–Crippen MR) is 344 cm³/mol. The molecule has 4 aromatic heterocycles. The minimum absolute atomic E-state index is 0. The fraction of sp³-hybridized carbons (Fsp3) is 0.542. The van der Waals surface area contributed by atoms with E-state index in [4.69, 9.17) is 87.5 Å². The van der Waals surface area contributed by atoms with Crippen LogP contribution < -0.4 is 44.2 Å². The van der Waals surface area contributed by atoms with E-state index in [2.05, 4.69) is 53.6 Å². The van der Waals surface area contributed by atoms with Gasteiger partial charge in [-0.2, -0.15) is 54.0 Å². The van der Waals surface area contributed by atoms with E-state index in [9.17, 15) is 19.2 Å². The average molecular weight is 1300 g/mol. The van der Waals surface area contributed by atoms with Crippen molar-refractivity contribution in [3.05, 3.63) is 47.0 Å². The fourth-order valence-corrected chi connectivity index (χ4v) is 10.2. The quantitative estimate of drug-likeness (QED) is 0.0734. The molecular weight excluding hydrogens is 1210 g/mol. The van der Waals surface area contributed by atoms with Gasteiger partial charge in [0, 0.05) is 71.3 Å². The number of nitrogen functional groups attached to an aromatic ring is 4. The summed E-state index contributed by atoms with van der Waals surface area (Å²) in [6.45, 7) is 9.02. The van der Waals surface area contributed by atoms with Crippen molar-refractivity contribution in [3.63, 3.8) is 0 Å². The highest BCUT2D eigenvalue weighted by atomic mass is 35.5. The van der Waals surface area contributed by atoms with Crippen molar-refractivity contribution < 1.29 is 54.6 Å². The van der Waals surface area contributed by atoms with E-state index in [0.29, 0.717) is 31.7 Å². The van der Waals surface area contributed by atoms with E-state index in [0.717, 1.165) is 86.5 Å². The Labute approximate surface area is 521 Å². The third kappa shape index (κ3) is 23.7. The summed E-state index contributed by atoms with van der Waals surface area (Å²) in [4.78, 5) is 70.5. The maximum atomic E-state index is 9.64. The number of nitrogens with zero attached hydrogens (tertiary/aromatic N) is 8. The van der Waals surface area contributed by atoms with Gasteiger partial charge in [-0.05, 0) is 51.7 Å². The van der Waals surface area contributed by atoms with Gasteiger partial charge in [0.15, 0.2) is 11.6 Å². The first-order valence-corrected chi connectivity index (χ1v) is 25.0. The second-order valence-corrected chi connectivity index (χ2v) is 20.2. The highest BCUT2D eigenvalue weighted by Gasteiger charge is 2.49. The summed E-state index contributed by atoms with van der Waals surface area (Å²) in [7, 11) is 0. The molecule has 4 atom stereocenters. The first kappa shape index (κ1) is 85.4. The molecule has 0 unspecified atom stereocenters. The first-order valence-electron chi connectivity index (χ1n) is 22.6. The third-order valence-corrected chi connectivity index (χ3v) is 15.8. The molecule has 4 fully saturated rings. The molecule has 0 aliphatic carbocycles. The minimum atomic E-state index is -1.08. The molecule has 25 nitrogen and oxygen atoms in total. The number of hydrogen-bond acceptors (Lipinski definition) is 22. The Kier molecular flexibility index (Phi) is 41.4. The van der Waals surface area contributed by atoms with Gasteiger partial charge in [-0.15, -0.1) is 0 Å². The van der Waals surface area contributed by atoms with E-state index in [1.54, 1.807) is 36.9 Å². The maximum Gasteiger partial charge on any atom is 0.303 e. The summed E-state index contributed by atoms with van der Waals surface area (Å²) in [5.41, 5.74) is 36.8. The number of rotatable bonds is 12. The van der Waals surface area contributed by atoms with Crippen LogP contribution in [0.4, 0.5) is 34.9 Å². The molecule has 4 aromatic rings. The number of aliphatic carboxylic acids is 4. The van der Waals surface area contributed by atoms with Crippen LogP contribution >= 0.6 is 101 Å². The van der Waals surface area contributed by atoms with Crippen LogP contribution in [0.25, 0.3) is 0 Å². The Morgan fingerprint density at radius 3 is 1.09 bits per heavy atom. The van der Waals surface area contributed by atoms with Gasteiger partial charge >= 0.3 is 23.9 Å². The van der Waals surface area contributed by atoms with Gasteiger partial charge in [0.05, 0.1) is 73.5 Å². The Bertz CT molecular complexity index is 2370. The molecule has 0 radical (unpaired) electrons. The number of pyridine rings is 2. The van der Waals surface area contributed by atoms with Crippen LogP contribution in [0.1, 0.15) is 94.9 Å². The summed E-state index contributed by atoms with van der Waals surface area (Å²) < 4.78 is 11.6. The zero-order chi connectivity index (χ0) is 52.9. The summed E-state index contributed by atoms with van der Waals surface area (Å²) in [5, 5.41) is 33.6. The molecule has 0 saturated carbocycles. The number of carbonyl (C=O) groups is 4. The first-order chi connectivity index (χ1) is 34.0. The van der Waals surface area contributed by atoms with Crippen LogP contribution in [0.3, 0.4) is 0 Å². The van der Waals surface area contributed by atoms with E-state index in [-0.39, 0.29) is 162 Å². The van der Waals surface area contributed by atoms with Gasteiger partial charge in [-0.25, -0.2) is 29.9 Å². The van der Waals surface area contributed by atoms with Crippen LogP contribution in [-0.4, -0.2) is 143 Å². The fourth-order valence-electron chi connectivity index (χ4n) is 8.21. The highest BCUT2D eigenvalue weighted by Crippen LogP contribution is 2.44. The predicted octanol–water partition coefficient (Wildman–Crippen LogP) is 6.39. The maximum absolute atomic E-state index is 9.64. The Hall–Kier alpha value is -4.38. The second kappa shape index (κ2) is 39.2. The number of hydrogen-bond donors (Lipinski definition) is 10. The van der Waals surface area contributed by atoms with Gasteiger partial charge in [0.25, 0.3) is 0 Å². The van der Waals surface area contributed by atoms with Gasteiger partial charge in [0.2, 0.25) is 0 Å². The van der Waals surface area contributed by atoms with Crippen molar-refractivity contribution in [1.29, 1.82) is 0 Å². The van der Waals surface area contributed by atoms with Crippen molar-refractivity contribution in [1.82, 2.24) is 29.9 Å². The van der Waals surface area contributed by atoms with E-state index >= 15 is 0 Å². The van der Waals surface area contributed by atoms with E-state index in [1.807, 2.05) is 0 Å². The van der Waals surface area contributed by atoms with Crippen molar-refractivity contribution in [3.8, 4) is 0 Å². The van der Waals surface area contributed by atoms with Crippen LogP contribution in [0, 0.1) is 10.8 Å². The van der Waals surface area contributed by atoms with Crippen LogP contribution in [-0.2, 0) is 28.7 Å². The molecule has 0 amide bonds. The molecule has 4 aliphatic rings. The van der Waals surface area contributed by atoms with Gasteiger partial charge < -0.3 is 79.6 Å². The van der Waals surface area contributed by atoms with Crippen molar-refractivity contribution in [2.24, 2.45) is 22.3 Å². The molecule has 0 aromatic carbocycles. The average Bonchev–Trinajstić information content (AvgIpc) is 3.77. The highest BCUT2D eigenvalue weighted by molar-refractivity contribution is 7.99. The standard InChI is InChI=1S/2C18H24ClN7OS.2C4H6O4.4CH4.H2O.4H2S/c2*1-10-14(20)18(9-27-10)3-6-26(7-4-18)12-8-24-17(16(22)25-12)28-11-2-5-23-15(21)13(11)19;2*5-3(6)1-2-4(7)8;;;;;;;;;/h2*2,5,8,10,14H,3-4,6-7,9,20H2,1H3,(H2,21,23)(H2,22,25);2*1-2H2,(H,5,6)(H,7,8);4*1H4;5*1H2/t2*10-,14+;;;;;;;;;;;/m00.........../s1. The Balaban J connectivity index is -0.000000345. The summed E-state index contributed by atoms with van der Waals surface area (Å²) in [6, 6.07) is 3.72. The number of anilines is 6. The minimum Gasteiger partial charge on any atom is -0.481 e. The molecule has 8 rings (SSSR count). The lowest BCUT2D eigenvalue weighted by Gasteiger charge is -2.41. The van der Waals surface area contributed by atoms with Crippen LogP contribution in [0.5, 0.6) is 0 Å².